The van der Waals surface area contributed by atoms with Crippen LogP contribution in [0.3, 0.4) is 0 Å². The molecular formula is C13H20CsNO4. The van der Waals surface area contributed by atoms with Crippen molar-refractivity contribution < 1.29 is 88.0 Å². The Morgan fingerprint density at radius 3 is 2.37 bits per heavy atom. The number of hydrogen-bond acceptors (Lipinski definition) is 4. The fourth-order valence-electron chi connectivity index (χ4n) is 1.78. The zero-order chi connectivity index (χ0) is 14.1. The van der Waals surface area contributed by atoms with Crippen LogP contribution in [0.5, 0.6) is 0 Å². The van der Waals surface area contributed by atoms with Crippen molar-refractivity contribution in [3.8, 4) is 0 Å². The summed E-state index contributed by atoms with van der Waals surface area (Å²) in [4.78, 5) is 25.1. The SMILES string of the molecule is [CH-]=CC(=O)C1COC(C)(C)N1C(=O)OC(C)(C)C.[Cs+]. The van der Waals surface area contributed by atoms with Gasteiger partial charge in [-0.2, -0.15) is 6.08 Å². The molecule has 0 spiro atoms. The van der Waals surface area contributed by atoms with E-state index in [-0.39, 0.29) is 81.3 Å². The summed E-state index contributed by atoms with van der Waals surface area (Å²) < 4.78 is 10.7. The number of hydrogen-bond donors (Lipinski definition) is 0. The van der Waals surface area contributed by atoms with Crippen molar-refractivity contribution in [3.63, 3.8) is 0 Å². The third kappa shape index (κ3) is 5.19. The Morgan fingerprint density at radius 2 is 1.95 bits per heavy atom. The Labute approximate surface area is 173 Å². The van der Waals surface area contributed by atoms with Crippen LogP contribution in [0.1, 0.15) is 34.6 Å². The molecule has 1 atom stereocenters. The summed E-state index contributed by atoms with van der Waals surface area (Å²) in [6, 6.07) is -0.722. The number of rotatable bonds is 2. The van der Waals surface area contributed by atoms with Gasteiger partial charge in [0.05, 0.1) is 12.6 Å². The molecule has 1 fully saturated rings. The number of ether oxygens (including phenoxy) is 2. The second kappa shape index (κ2) is 7.11. The van der Waals surface area contributed by atoms with Gasteiger partial charge in [-0.3, -0.25) is 11.5 Å². The molecule has 1 aliphatic rings. The van der Waals surface area contributed by atoms with E-state index >= 15 is 0 Å². The first-order chi connectivity index (χ1) is 8.08. The van der Waals surface area contributed by atoms with E-state index < -0.39 is 23.5 Å². The molecule has 1 saturated heterocycles. The van der Waals surface area contributed by atoms with Crippen LogP contribution in [-0.2, 0) is 14.3 Å². The van der Waals surface area contributed by atoms with Gasteiger partial charge in [0.25, 0.3) is 0 Å². The van der Waals surface area contributed by atoms with Gasteiger partial charge < -0.3 is 14.3 Å². The van der Waals surface area contributed by atoms with Crippen molar-refractivity contribution in [2.24, 2.45) is 0 Å². The van der Waals surface area contributed by atoms with Crippen LogP contribution in [0.25, 0.3) is 0 Å². The van der Waals surface area contributed by atoms with Crippen LogP contribution in [0.4, 0.5) is 4.79 Å². The smallest absolute Gasteiger partial charge is 0.444 e. The van der Waals surface area contributed by atoms with Gasteiger partial charge in [-0.15, -0.1) is 0 Å². The second-order valence-corrected chi connectivity index (χ2v) is 5.69. The topological polar surface area (TPSA) is 55.8 Å². The molecular weight excluding hydrogens is 367 g/mol. The molecule has 1 aliphatic heterocycles. The molecule has 102 valence electrons. The van der Waals surface area contributed by atoms with E-state index in [1.165, 1.54) is 4.90 Å². The summed E-state index contributed by atoms with van der Waals surface area (Å²) in [5.41, 5.74) is -1.51. The minimum Gasteiger partial charge on any atom is -0.444 e. The summed E-state index contributed by atoms with van der Waals surface area (Å²) >= 11 is 0. The number of carbonyl (C=O) groups is 2. The summed E-state index contributed by atoms with van der Waals surface area (Å²) in [5, 5.41) is 0. The van der Waals surface area contributed by atoms with Crippen molar-refractivity contribution in [3.05, 3.63) is 12.7 Å². The molecule has 6 heteroatoms. The largest absolute Gasteiger partial charge is 1.00 e. The number of amides is 1. The van der Waals surface area contributed by atoms with Gasteiger partial charge in [0, 0.05) is 5.78 Å². The van der Waals surface area contributed by atoms with Crippen molar-refractivity contribution in [1.82, 2.24) is 4.90 Å². The van der Waals surface area contributed by atoms with Crippen LogP contribution >= 0.6 is 0 Å². The fraction of sp³-hybridized carbons (Fsp3) is 0.692. The maximum Gasteiger partial charge on any atom is 1.00 e. The molecule has 0 bridgehead atoms. The van der Waals surface area contributed by atoms with Crippen LogP contribution in [-0.4, -0.2) is 40.8 Å². The maximum absolute atomic E-state index is 12.1. The van der Waals surface area contributed by atoms with Crippen LogP contribution < -0.4 is 68.9 Å². The first kappa shape index (κ1) is 19.7. The first-order valence-electron chi connectivity index (χ1n) is 5.83. The van der Waals surface area contributed by atoms with Gasteiger partial charge in [0.2, 0.25) is 0 Å². The Kier molecular flexibility index (Phi) is 7.37. The molecule has 0 aromatic heterocycles. The third-order valence-corrected chi connectivity index (χ3v) is 2.57. The second-order valence-electron chi connectivity index (χ2n) is 5.69. The average molecular weight is 387 g/mol. The Morgan fingerprint density at radius 1 is 1.42 bits per heavy atom. The molecule has 1 amide bonds. The van der Waals surface area contributed by atoms with E-state index in [0.29, 0.717) is 0 Å². The predicted octanol–water partition coefficient (Wildman–Crippen LogP) is -1.08. The molecule has 0 aromatic carbocycles. The van der Waals surface area contributed by atoms with Gasteiger partial charge in [-0.1, -0.05) is 0 Å². The molecule has 0 radical (unpaired) electrons. The molecule has 0 saturated carbocycles. The van der Waals surface area contributed by atoms with Crippen LogP contribution in [0, 0.1) is 6.58 Å². The zero-order valence-corrected chi connectivity index (χ0v) is 18.8. The summed E-state index contributed by atoms with van der Waals surface area (Å²) in [6.45, 7) is 14.1. The average Bonchev–Trinajstić information content (AvgIpc) is 2.50. The fourth-order valence-corrected chi connectivity index (χ4v) is 1.78. The van der Waals surface area contributed by atoms with E-state index in [2.05, 4.69) is 0 Å². The van der Waals surface area contributed by atoms with E-state index in [1.54, 1.807) is 34.6 Å². The molecule has 1 unspecified atom stereocenters. The maximum atomic E-state index is 12.1. The van der Waals surface area contributed by atoms with Gasteiger partial charge >= 0.3 is 75.0 Å². The minimum absolute atomic E-state index is 0. The summed E-state index contributed by atoms with van der Waals surface area (Å²) in [5.74, 6) is -0.355. The number of nitrogens with zero attached hydrogens (tertiary/aromatic N) is 1. The van der Waals surface area contributed by atoms with Gasteiger partial charge in [-0.05, 0) is 34.6 Å². The van der Waals surface area contributed by atoms with Gasteiger partial charge in [0.15, 0.2) is 0 Å². The summed E-state index contributed by atoms with van der Waals surface area (Å²) in [7, 11) is 0. The van der Waals surface area contributed by atoms with E-state index in [1.807, 2.05) is 0 Å². The van der Waals surface area contributed by atoms with Crippen LogP contribution in [0.15, 0.2) is 6.08 Å². The first-order valence-corrected chi connectivity index (χ1v) is 5.83. The monoisotopic (exact) mass is 387 g/mol. The predicted molar refractivity (Wildman–Crippen MR) is 65.8 cm³/mol. The molecule has 19 heavy (non-hydrogen) atoms. The van der Waals surface area contributed by atoms with Crippen molar-refractivity contribution >= 4 is 11.9 Å². The molecule has 0 aromatic rings. The van der Waals surface area contributed by atoms with Crippen molar-refractivity contribution in [1.29, 1.82) is 0 Å². The van der Waals surface area contributed by atoms with E-state index in [4.69, 9.17) is 16.1 Å². The van der Waals surface area contributed by atoms with E-state index in [0.717, 1.165) is 6.08 Å². The molecule has 0 N–H and O–H groups in total. The summed E-state index contributed by atoms with van der Waals surface area (Å²) in [6.07, 6.45) is 0.373. The third-order valence-electron chi connectivity index (χ3n) is 2.57. The van der Waals surface area contributed by atoms with Crippen molar-refractivity contribution in [2.75, 3.05) is 6.61 Å². The molecule has 1 rings (SSSR count). The van der Waals surface area contributed by atoms with Gasteiger partial charge in [0.1, 0.15) is 11.3 Å². The quantitative estimate of drug-likeness (QED) is 0.447. The van der Waals surface area contributed by atoms with Crippen molar-refractivity contribution in [2.45, 2.75) is 52.0 Å². The Bertz CT molecular complexity index is 373. The Hall–Kier alpha value is 0.692. The molecule has 0 aliphatic carbocycles. The number of carbonyl (C=O) groups excluding carboxylic acids is 2. The standard InChI is InChI=1S/C13H20NO4.Cs/c1-7-10(15)9-8-17-13(5,6)14(9)11(16)18-12(2,3)4;/h1,7,9H,8H2,2-6H3;/q-1;+1. The molecule has 5 nitrogen and oxygen atoms in total. The Balaban J connectivity index is 0.00000324. The van der Waals surface area contributed by atoms with Gasteiger partial charge in [-0.25, -0.2) is 4.79 Å². The zero-order valence-electron chi connectivity index (χ0n) is 12.5. The minimum atomic E-state index is -0.883. The molecule has 1 heterocycles. The van der Waals surface area contributed by atoms with E-state index in [9.17, 15) is 9.59 Å². The van der Waals surface area contributed by atoms with Crippen LogP contribution in [0.2, 0.25) is 0 Å². The normalized spacial score (nSPS) is 21.5. The number of ketones is 1.